The summed E-state index contributed by atoms with van der Waals surface area (Å²) in [5.74, 6) is 0.789. The van der Waals surface area contributed by atoms with E-state index >= 15 is 0 Å². The van der Waals surface area contributed by atoms with Crippen LogP contribution in [0.25, 0.3) is 0 Å². The first kappa shape index (κ1) is 21.0. The SMILES string of the molecule is CCNC(=NCCCOCCOC)NCCc1c(Cl)cccc1Cl. The number of nitrogens with zero attached hydrogens (tertiary/aromatic N) is 1. The fraction of sp³-hybridized carbons (Fsp3) is 0.588. The second-order valence-corrected chi connectivity index (χ2v) is 5.91. The molecule has 0 spiro atoms. The maximum absolute atomic E-state index is 6.18. The Morgan fingerprint density at radius 1 is 1.12 bits per heavy atom. The Labute approximate surface area is 154 Å². The van der Waals surface area contributed by atoms with Crippen LogP contribution in [-0.4, -0.2) is 52.5 Å². The molecule has 0 heterocycles. The van der Waals surface area contributed by atoms with Gasteiger partial charge in [0.05, 0.1) is 13.2 Å². The predicted octanol–water partition coefficient (Wildman–Crippen LogP) is 3.14. The van der Waals surface area contributed by atoms with Gasteiger partial charge in [0, 0.05) is 43.4 Å². The molecule has 136 valence electrons. The molecule has 0 aliphatic carbocycles. The van der Waals surface area contributed by atoms with Crippen LogP contribution in [0.4, 0.5) is 0 Å². The summed E-state index contributed by atoms with van der Waals surface area (Å²) >= 11 is 12.4. The van der Waals surface area contributed by atoms with Gasteiger partial charge in [-0.1, -0.05) is 29.3 Å². The minimum Gasteiger partial charge on any atom is -0.382 e. The summed E-state index contributed by atoms with van der Waals surface area (Å²) in [4.78, 5) is 4.52. The molecule has 1 aromatic rings. The number of guanidine groups is 1. The predicted molar refractivity (Wildman–Crippen MR) is 101 cm³/mol. The zero-order chi connectivity index (χ0) is 17.6. The summed E-state index contributed by atoms with van der Waals surface area (Å²) in [6.07, 6.45) is 1.61. The molecule has 0 unspecified atom stereocenters. The van der Waals surface area contributed by atoms with Crippen molar-refractivity contribution in [2.24, 2.45) is 4.99 Å². The molecule has 7 heteroatoms. The molecule has 1 aromatic carbocycles. The monoisotopic (exact) mass is 375 g/mol. The van der Waals surface area contributed by atoms with Crippen LogP contribution in [0.15, 0.2) is 23.2 Å². The van der Waals surface area contributed by atoms with Crippen molar-refractivity contribution in [3.05, 3.63) is 33.8 Å². The van der Waals surface area contributed by atoms with Crippen molar-refractivity contribution in [3.8, 4) is 0 Å². The average Bonchev–Trinajstić information content (AvgIpc) is 2.56. The van der Waals surface area contributed by atoms with E-state index in [1.54, 1.807) is 7.11 Å². The fourth-order valence-corrected chi connectivity index (χ4v) is 2.61. The molecule has 0 atom stereocenters. The van der Waals surface area contributed by atoms with Gasteiger partial charge in [0.2, 0.25) is 0 Å². The van der Waals surface area contributed by atoms with Gasteiger partial charge >= 0.3 is 0 Å². The van der Waals surface area contributed by atoms with E-state index in [0.29, 0.717) is 43.0 Å². The summed E-state index contributed by atoms with van der Waals surface area (Å²) in [6, 6.07) is 5.55. The number of ether oxygens (including phenoxy) is 2. The highest BCUT2D eigenvalue weighted by molar-refractivity contribution is 6.35. The molecule has 1 rings (SSSR count). The summed E-state index contributed by atoms with van der Waals surface area (Å²) in [7, 11) is 1.66. The molecule has 24 heavy (non-hydrogen) atoms. The third-order valence-electron chi connectivity index (χ3n) is 3.22. The molecule has 0 amide bonds. The highest BCUT2D eigenvalue weighted by Crippen LogP contribution is 2.24. The molecule has 0 bridgehead atoms. The third kappa shape index (κ3) is 8.73. The Morgan fingerprint density at radius 3 is 2.54 bits per heavy atom. The van der Waals surface area contributed by atoms with Crippen LogP contribution in [0.1, 0.15) is 18.9 Å². The Kier molecular flexibility index (Phi) is 11.7. The molecule has 0 aromatic heterocycles. The Morgan fingerprint density at radius 2 is 1.88 bits per heavy atom. The molecule has 0 fully saturated rings. The maximum atomic E-state index is 6.18. The lowest BCUT2D eigenvalue weighted by molar-refractivity contribution is 0.0702. The van der Waals surface area contributed by atoms with Crippen LogP contribution in [0.3, 0.4) is 0 Å². The molecule has 0 saturated carbocycles. The van der Waals surface area contributed by atoms with E-state index in [1.807, 2.05) is 25.1 Å². The van der Waals surface area contributed by atoms with E-state index in [1.165, 1.54) is 0 Å². The van der Waals surface area contributed by atoms with Crippen molar-refractivity contribution in [1.29, 1.82) is 0 Å². The fourth-order valence-electron chi connectivity index (χ4n) is 2.02. The largest absolute Gasteiger partial charge is 0.382 e. The van der Waals surface area contributed by atoms with E-state index in [4.69, 9.17) is 32.7 Å². The zero-order valence-electron chi connectivity index (χ0n) is 14.4. The average molecular weight is 376 g/mol. The van der Waals surface area contributed by atoms with Crippen molar-refractivity contribution in [3.63, 3.8) is 0 Å². The first-order valence-electron chi connectivity index (χ1n) is 8.20. The van der Waals surface area contributed by atoms with Crippen molar-refractivity contribution in [2.45, 2.75) is 19.8 Å². The number of hydrogen-bond acceptors (Lipinski definition) is 3. The second kappa shape index (κ2) is 13.3. The van der Waals surface area contributed by atoms with Crippen LogP contribution in [0.2, 0.25) is 10.0 Å². The van der Waals surface area contributed by atoms with Crippen molar-refractivity contribution in [2.75, 3.05) is 46.6 Å². The molecule has 5 nitrogen and oxygen atoms in total. The maximum Gasteiger partial charge on any atom is 0.191 e. The van der Waals surface area contributed by atoms with Crippen LogP contribution in [-0.2, 0) is 15.9 Å². The van der Waals surface area contributed by atoms with E-state index < -0.39 is 0 Å². The van der Waals surface area contributed by atoms with Gasteiger partial charge in [-0.25, -0.2) is 0 Å². The normalized spacial score (nSPS) is 11.6. The number of aliphatic imine (C=N–C) groups is 1. The minimum absolute atomic E-state index is 0.622. The summed E-state index contributed by atoms with van der Waals surface area (Å²) in [5.41, 5.74) is 0.954. The first-order valence-corrected chi connectivity index (χ1v) is 8.96. The Hall–Kier alpha value is -1.01. The molecular formula is C17H27Cl2N3O2. The van der Waals surface area contributed by atoms with Gasteiger partial charge in [-0.2, -0.15) is 0 Å². The topological polar surface area (TPSA) is 54.9 Å². The van der Waals surface area contributed by atoms with Gasteiger partial charge in [0.15, 0.2) is 5.96 Å². The Balaban J connectivity index is 2.33. The van der Waals surface area contributed by atoms with E-state index in [9.17, 15) is 0 Å². The summed E-state index contributed by atoms with van der Waals surface area (Å²) in [5, 5.41) is 7.90. The molecule has 0 radical (unpaired) electrons. The quantitative estimate of drug-likeness (QED) is 0.354. The molecule has 0 aliphatic heterocycles. The van der Waals surface area contributed by atoms with Crippen molar-refractivity contribution >= 4 is 29.2 Å². The molecule has 0 aliphatic rings. The second-order valence-electron chi connectivity index (χ2n) is 5.10. The van der Waals surface area contributed by atoms with Gasteiger partial charge in [-0.05, 0) is 37.5 Å². The first-order chi connectivity index (χ1) is 11.7. The smallest absolute Gasteiger partial charge is 0.191 e. The standard InChI is InChI=1S/C17H27Cl2N3O2/c1-3-20-17(21-9-5-11-24-13-12-23-2)22-10-8-14-15(18)6-4-7-16(14)19/h4,6-7H,3,5,8-13H2,1-2H3,(H2,20,21,22). The Bertz CT molecular complexity index is 478. The minimum atomic E-state index is 0.622. The van der Waals surface area contributed by atoms with E-state index in [2.05, 4.69) is 15.6 Å². The number of methoxy groups -OCH3 is 1. The van der Waals surface area contributed by atoms with Crippen molar-refractivity contribution < 1.29 is 9.47 Å². The van der Waals surface area contributed by atoms with Crippen LogP contribution in [0.5, 0.6) is 0 Å². The number of benzene rings is 1. The summed E-state index contributed by atoms with van der Waals surface area (Å²) in [6.45, 7) is 6.19. The van der Waals surface area contributed by atoms with Gasteiger partial charge in [-0.15, -0.1) is 0 Å². The lowest BCUT2D eigenvalue weighted by Gasteiger charge is -2.12. The highest BCUT2D eigenvalue weighted by atomic mass is 35.5. The third-order valence-corrected chi connectivity index (χ3v) is 3.93. The van der Waals surface area contributed by atoms with Gasteiger partial charge < -0.3 is 20.1 Å². The van der Waals surface area contributed by atoms with E-state index in [0.717, 1.165) is 30.9 Å². The van der Waals surface area contributed by atoms with Gasteiger partial charge in [0.25, 0.3) is 0 Å². The number of nitrogens with one attached hydrogen (secondary N) is 2. The lowest BCUT2D eigenvalue weighted by atomic mass is 10.1. The van der Waals surface area contributed by atoms with Crippen LogP contribution in [0, 0.1) is 0 Å². The number of hydrogen-bond donors (Lipinski definition) is 2. The number of rotatable bonds is 11. The van der Waals surface area contributed by atoms with Gasteiger partial charge in [-0.3, -0.25) is 4.99 Å². The van der Waals surface area contributed by atoms with E-state index in [-0.39, 0.29) is 0 Å². The zero-order valence-corrected chi connectivity index (χ0v) is 15.9. The van der Waals surface area contributed by atoms with Crippen molar-refractivity contribution in [1.82, 2.24) is 10.6 Å². The van der Waals surface area contributed by atoms with Gasteiger partial charge in [0.1, 0.15) is 0 Å². The van der Waals surface area contributed by atoms with Crippen LogP contribution < -0.4 is 10.6 Å². The molecular weight excluding hydrogens is 349 g/mol. The molecule has 2 N–H and O–H groups in total. The highest BCUT2D eigenvalue weighted by Gasteiger charge is 2.05. The summed E-state index contributed by atoms with van der Waals surface area (Å²) < 4.78 is 10.3. The van der Waals surface area contributed by atoms with Crippen LogP contribution >= 0.6 is 23.2 Å². The molecule has 0 saturated heterocycles. The number of halogens is 2. The lowest BCUT2D eigenvalue weighted by Crippen LogP contribution is -2.38.